The van der Waals surface area contributed by atoms with Gasteiger partial charge in [0.15, 0.2) is 0 Å². The zero-order chi connectivity index (χ0) is 16.7. The Labute approximate surface area is 138 Å². The van der Waals surface area contributed by atoms with Crippen molar-refractivity contribution in [3.8, 4) is 0 Å². The molecule has 2 atom stereocenters. The van der Waals surface area contributed by atoms with E-state index in [4.69, 9.17) is 4.74 Å². The number of anilines is 1. The fourth-order valence-corrected chi connectivity index (χ4v) is 2.66. The maximum absolute atomic E-state index is 12.3. The van der Waals surface area contributed by atoms with Crippen molar-refractivity contribution in [2.75, 3.05) is 5.32 Å². The first-order valence-corrected chi connectivity index (χ1v) is 8.19. The van der Waals surface area contributed by atoms with Gasteiger partial charge in [-0.1, -0.05) is 68.3 Å². The van der Waals surface area contributed by atoms with E-state index in [0.717, 1.165) is 29.7 Å². The molecule has 0 aliphatic heterocycles. The van der Waals surface area contributed by atoms with E-state index in [0.29, 0.717) is 0 Å². The van der Waals surface area contributed by atoms with Gasteiger partial charge in [0.2, 0.25) is 0 Å². The van der Waals surface area contributed by atoms with Gasteiger partial charge in [0.25, 0.3) is 0 Å². The van der Waals surface area contributed by atoms with Crippen LogP contribution in [-0.2, 0) is 4.74 Å². The molecule has 0 heterocycles. The summed E-state index contributed by atoms with van der Waals surface area (Å²) in [7, 11) is 0. The summed E-state index contributed by atoms with van der Waals surface area (Å²) in [5.74, 6) is 0.270. The minimum Gasteiger partial charge on any atom is -0.441 e. The summed E-state index contributed by atoms with van der Waals surface area (Å²) in [6, 6.07) is 17.6. The first kappa shape index (κ1) is 17.1. The molecule has 0 fully saturated rings. The van der Waals surface area contributed by atoms with E-state index >= 15 is 0 Å². The van der Waals surface area contributed by atoms with Crippen molar-refractivity contribution in [2.45, 2.75) is 39.7 Å². The molecule has 0 bridgehead atoms. The second-order valence-corrected chi connectivity index (χ2v) is 5.99. The van der Waals surface area contributed by atoms with Crippen LogP contribution in [0.3, 0.4) is 0 Å². The van der Waals surface area contributed by atoms with Crippen LogP contribution in [0.25, 0.3) is 0 Å². The predicted molar refractivity (Wildman–Crippen MR) is 94.5 cm³/mol. The zero-order valence-corrected chi connectivity index (χ0v) is 14.1. The summed E-state index contributed by atoms with van der Waals surface area (Å²) in [6.45, 7) is 6.28. The van der Waals surface area contributed by atoms with Gasteiger partial charge in [-0.05, 0) is 37.0 Å². The Morgan fingerprint density at radius 2 is 1.74 bits per heavy atom. The van der Waals surface area contributed by atoms with Crippen LogP contribution in [0.5, 0.6) is 0 Å². The summed E-state index contributed by atoms with van der Waals surface area (Å²) in [4.78, 5) is 12.3. The van der Waals surface area contributed by atoms with Crippen molar-refractivity contribution >= 4 is 11.8 Å². The Morgan fingerprint density at radius 1 is 1.09 bits per heavy atom. The highest BCUT2D eigenvalue weighted by molar-refractivity contribution is 5.84. The number of carbonyl (C=O) groups is 1. The number of hydrogen-bond donors (Lipinski definition) is 1. The van der Waals surface area contributed by atoms with Crippen LogP contribution < -0.4 is 5.32 Å². The summed E-state index contributed by atoms with van der Waals surface area (Å²) < 4.78 is 5.74. The molecule has 3 heteroatoms. The molecule has 0 aliphatic rings. The Hall–Kier alpha value is -2.29. The van der Waals surface area contributed by atoms with E-state index in [1.54, 1.807) is 0 Å². The Balaban J connectivity index is 2.07. The molecule has 2 rings (SSSR count). The Morgan fingerprint density at radius 3 is 2.35 bits per heavy atom. The van der Waals surface area contributed by atoms with Crippen LogP contribution in [0.4, 0.5) is 10.5 Å². The van der Waals surface area contributed by atoms with Crippen LogP contribution in [0.15, 0.2) is 54.6 Å². The predicted octanol–water partition coefficient (Wildman–Crippen LogP) is 5.72. The van der Waals surface area contributed by atoms with Crippen molar-refractivity contribution in [1.82, 2.24) is 0 Å². The van der Waals surface area contributed by atoms with Gasteiger partial charge in [0, 0.05) is 5.69 Å². The number of benzene rings is 2. The van der Waals surface area contributed by atoms with Crippen LogP contribution in [-0.4, -0.2) is 6.09 Å². The lowest BCUT2D eigenvalue weighted by atomic mass is 9.93. The molecule has 0 spiro atoms. The Kier molecular flexibility index (Phi) is 6.21. The number of nitrogens with one attached hydrogen (secondary N) is 1. The van der Waals surface area contributed by atoms with E-state index in [-0.39, 0.29) is 12.0 Å². The number of rotatable bonds is 6. The van der Waals surface area contributed by atoms with Gasteiger partial charge in [-0.25, -0.2) is 4.79 Å². The second-order valence-electron chi connectivity index (χ2n) is 5.99. The van der Waals surface area contributed by atoms with Crippen molar-refractivity contribution in [3.63, 3.8) is 0 Å². The van der Waals surface area contributed by atoms with Crippen molar-refractivity contribution in [2.24, 2.45) is 5.92 Å². The lowest BCUT2D eigenvalue weighted by molar-refractivity contribution is 0.0735. The number of ether oxygens (including phenoxy) is 1. The Bertz CT molecular complexity index is 607. The molecule has 0 saturated heterocycles. The van der Waals surface area contributed by atoms with Crippen LogP contribution in [0, 0.1) is 12.8 Å². The van der Waals surface area contributed by atoms with Gasteiger partial charge in [-0.15, -0.1) is 0 Å². The molecule has 2 unspecified atom stereocenters. The third-order valence-electron chi connectivity index (χ3n) is 3.92. The molecule has 3 nitrogen and oxygen atoms in total. The monoisotopic (exact) mass is 311 g/mol. The highest BCUT2D eigenvalue weighted by atomic mass is 16.6. The van der Waals surface area contributed by atoms with Gasteiger partial charge >= 0.3 is 6.09 Å². The van der Waals surface area contributed by atoms with Crippen molar-refractivity contribution in [1.29, 1.82) is 0 Å². The fourth-order valence-electron chi connectivity index (χ4n) is 2.66. The molecule has 122 valence electrons. The quantitative estimate of drug-likeness (QED) is 0.740. The number of carbonyl (C=O) groups excluding carboxylic acids is 1. The molecule has 1 N–H and O–H groups in total. The highest BCUT2D eigenvalue weighted by Crippen LogP contribution is 2.29. The minimum atomic E-state index is -0.411. The summed E-state index contributed by atoms with van der Waals surface area (Å²) in [6.07, 6.45) is 1.43. The third kappa shape index (κ3) is 5.13. The lowest BCUT2D eigenvalue weighted by Gasteiger charge is -2.24. The fraction of sp³-hybridized carbons (Fsp3) is 0.350. The molecule has 2 aromatic rings. The number of amides is 1. The maximum atomic E-state index is 12.3. The molecular weight excluding hydrogens is 286 g/mol. The number of hydrogen-bond acceptors (Lipinski definition) is 2. The average Bonchev–Trinajstić information content (AvgIpc) is 2.56. The van der Waals surface area contributed by atoms with Crippen LogP contribution in [0.1, 0.15) is 43.9 Å². The van der Waals surface area contributed by atoms with Gasteiger partial charge in [0.05, 0.1) is 0 Å². The van der Waals surface area contributed by atoms with E-state index in [2.05, 4.69) is 19.2 Å². The van der Waals surface area contributed by atoms with E-state index in [9.17, 15) is 4.79 Å². The van der Waals surface area contributed by atoms with Crippen molar-refractivity contribution < 1.29 is 9.53 Å². The van der Waals surface area contributed by atoms with Gasteiger partial charge < -0.3 is 4.74 Å². The molecule has 0 saturated carbocycles. The normalized spacial score (nSPS) is 13.2. The molecule has 0 aromatic heterocycles. The van der Waals surface area contributed by atoms with E-state index < -0.39 is 6.09 Å². The largest absolute Gasteiger partial charge is 0.441 e. The molecule has 1 amide bonds. The third-order valence-corrected chi connectivity index (χ3v) is 3.92. The van der Waals surface area contributed by atoms with E-state index in [1.165, 1.54) is 0 Å². The van der Waals surface area contributed by atoms with E-state index in [1.807, 2.05) is 61.5 Å². The van der Waals surface area contributed by atoms with Crippen LogP contribution >= 0.6 is 0 Å². The first-order valence-electron chi connectivity index (χ1n) is 8.19. The smallest absolute Gasteiger partial charge is 0.412 e. The van der Waals surface area contributed by atoms with Gasteiger partial charge in [-0.2, -0.15) is 0 Å². The average molecular weight is 311 g/mol. The first-order chi connectivity index (χ1) is 11.1. The molecule has 23 heavy (non-hydrogen) atoms. The number of aryl methyl sites for hydroxylation is 1. The minimum absolute atomic E-state index is 0.235. The molecule has 2 aromatic carbocycles. The maximum Gasteiger partial charge on any atom is 0.412 e. The summed E-state index contributed by atoms with van der Waals surface area (Å²) in [5, 5.41) is 2.81. The highest BCUT2D eigenvalue weighted by Gasteiger charge is 2.23. The zero-order valence-electron chi connectivity index (χ0n) is 14.1. The summed E-state index contributed by atoms with van der Waals surface area (Å²) >= 11 is 0. The standard InChI is InChI=1S/C20H25NO2/c1-4-8-16(3)19(17-9-6-5-7-10-17)23-20(22)21-18-13-11-15(2)12-14-18/h5-7,9-14,16,19H,4,8H2,1-3H3,(H,21,22). The van der Waals surface area contributed by atoms with Gasteiger partial charge in [-0.3, -0.25) is 5.32 Å². The van der Waals surface area contributed by atoms with Crippen LogP contribution in [0.2, 0.25) is 0 Å². The topological polar surface area (TPSA) is 38.3 Å². The molecule has 0 aliphatic carbocycles. The lowest BCUT2D eigenvalue weighted by Crippen LogP contribution is -2.22. The molecule has 0 radical (unpaired) electrons. The SMILES string of the molecule is CCCC(C)C(OC(=O)Nc1ccc(C)cc1)c1ccccc1. The molecular formula is C20H25NO2. The van der Waals surface area contributed by atoms with Crippen molar-refractivity contribution in [3.05, 3.63) is 65.7 Å². The summed E-state index contributed by atoms with van der Waals surface area (Å²) in [5.41, 5.74) is 2.94. The second kappa shape index (κ2) is 8.37. The van der Waals surface area contributed by atoms with Gasteiger partial charge in [0.1, 0.15) is 6.10 Å².